The summed E-state index contributed by atoms with van der Waals surface area (Å²) in [7, 11) is 0. The van der Waals surface area contributed by atoms with Crippen molar-refractivity contribution in [3.05, 3.63) is 63.2 Å². The minimum Gasteiger partial charge on any atom is -0.383 e. The topological polar surface area (TPSA) is 43.8 Å². The molecule has 106 valence electrons. The van der Waals surface area contributed by atoms with Crippen LogP contribution in [0.4, 0.5) is 5.82 Å². The number of para-hydroxylation sites is 1. The van der Waals surface area contributed by atoms with Crippen LogP contribution in [0.5, 0.6) is 0 Å². The van der Waals surface area contributed by atoms with Gasteiger partial charge >= 0.3 is 0 Å². The molecule has 3 nitrogen and oxygen atoms in total. The van der Waals surface area contributed by atoms with E-state index in [1.54, 1.807) is 0 Å². The third kappa shape index (κ3) is 2.55. The van der Waals surface area contributed by atoms with Crippen LogP contribution in [0.3, 0.4) is 0 Å². The second-order valence-electron chi connectivity index (χ2n) is 5.11. The predicted octanol–water partition coefficient (Wildman–Crippen LogP) is 4.34. The van der Waals surface area contributed by atoms with E-state index < -0.39 is 0 Å². The van der Waals surface area contributed by atoms with Gasteiger partial charge in [0.15, 0.2) is 0 Å². The van der Waals surface area contributed by atoms with Crippen LogP contribution in [0, 0.1) is 17.4 Å². The van der Waals surface area contributed by atoms with E-state index in [1.165, 1.54) is 5.56 Å². The zero-order valence-corrected chi connectivity index (χ0v) is 14.1. The van der Waals surface area contributed by atoms with Crippen LogP contribution in [0.25, 0.3) is 16.9 Å². The molecule has 0 atom stereocenters. The molecular formula is C17H16IN3. The van der Waals surface area contributed by atoms with E-state index in [9.17, 15) is 0 Å². The third-order valence-electron chi connectivity index (χ3n) is 3.53. The first-order valence-electron chi connectivity index (χ1n) is 6.75. The van der Waals surface area contributed by atoms with Crippen molar-refractivity contribution < 1.29 is 0 Å². The van der Waals surface area contributed by atoms with Crippen molar-refractivity contribution in [1.82, 2.24) is 9.78 Å². The summed E-state index contributed by atoms with van der Waals surface area (Å²) in [6.45, 7) is 4.14. The maximum atomic E-state index is 6.26. The molecule has 2 N–H and O–H groups in total. The lowest BCUT2D eigenvalue weighted by Crippen LogP contribution is -2.03. The summed E-state index contributed by atoms with van der Waals surface area (Å²) in [6, 6.07) is 16.5. The summed E-state index contributed by atoms with van der Waals surface area (Å²) in [4.78, 5) is 0. The van der Waals surface area contributed by atoms with Gasteiger partial charge in [-0.1, -0.05) is 48.0 Å². The van der Waals surface area contributed by atoms with E-state index in [-0.39, 0.29) is 0 Å². The number of halogens is 1. The zero-order chi connectivity index (χ0) is 15.0. The molecule has 0 aliphatic rings. The molecule has 0 aliphatic carbocycles. The minimum atomic E-state index is 0.681. The normalized spacial score (nSPS) is 10.8. The van der Waals surface area contributed by atoms with Crippen LogP contribution in [-0.4, -0.2) is 9.78 Å². The van der Waals surface area contributed by atoms with Gasteiger partial charge in [-0.2, -0.15) is 5.10 Å². The second kappa shape index (κ2) is 5.52. The maximum Gasteiger partial charge on any atom is 0.141 e. The molecule has 0 radical (unpaired) electrons. The molecule has 0 bridgehead atoms. The van der Waals surface area contributed by atoms with Crippen LogP contribution < -0.4 is 5.73 Å². The number of nitrogens with two attached hydrogens (primary N) is 1. The Morgan fingerprint density at radius 1 is 1.00 bits per heavy atom. The lowest BCUT2D eigenvalue weighted by molar-refractivity contribution is 0.887. The van der Waals surface area contributed by atoms with Gasteiger partial charge in [0, 0.05) is 5.56 Å². The van der Waals surface area contributed by atoms with Gasteiger partial charge in [-0.3, -0.25) is 0 Å². The van der Waals surface area contributed by atoms with E-state index in [1.807, 2.05) is 22.9 Å². The number of hydrogen-bond donors (Lipinski definition) is 1. The lowest BCUT2D eigenvalue weighted by Gasteiger charge is -2.06. The zero-order valence-electron chi connectivity index (χ0n) is 12.0. The third-order valence-corrected chi connectivity index (χ3v) is 4.59. The van der Waals surface area contributed by atoms with E-state index in [0.29, 0.717) is 5.82 Å². The number of benzene rings is 2. The summed E-state index contributed by atoms with van der Waals surface area (Å²) in [6.07, 6.45) is 0. The summed E-state index contributed by atoms with van der Waals surface area (Å²) < 4.78 is 2.81. The minimum absolute atomic E-state index is 0.681. The average molecular weight is 389 g/mol. The Hall–Kier alpha value is -1.82. The highest BCUT2D eigenvalue weighted by Crippen LogP contribution is 2.31. The number of aromatic nitrogens is 2. The highest BCUT2D eigenvalue weighted by atomic mass is 127. The number of hydrogen-bond acceptors (Lipinski definition) is 2. The van der Waals surface area contributed by atoms with Gasteiger partial charge in [0.2, 0.25) is 0 Å². The van der Waals surface area contributed by atoms with Crippen LogP contribution >= 0.6 is 22.6 Å². The molecule has 0 fully saturated rings. The molecule has 0 amide bonds. The summed E-state index contributed by atoms with van der Waals surface area (Å²) >= 11 is 2.27. The number of aryl methyl sites for hydroxylation is 2. The van der Waals surface area contributed by atoms with E-state index >= 15 is 0 Å². The highest BCUT2D eigenvalue weighted by molar-refractivity contribution is 14.1. The van der Waals surface area contributed by atoms with Crippen molar-refractivity contribution in [2.45, 2.75) is 13.8 Å². The Balaban J connectivity index is 2.16. The fourth-order valence-corrected chi connectivity index (χ4v) is 2.94. The molecular weight excluding hydrogens is 373 g/mol. The second-order valence-corrected chi connectivity index (χ2v) is 6.19. The Morgan fingerprint density at radius 2 is 1.67 bits per heavy atom. The molecule has 1 heterocycles. The number of anilines is 1. The van der Waals surface area contributed by atoms with Crippen molar-refractivity contribution in [2.75, 3.05) is 5.73 Å². The molecule has 4 heteroatoms. The van der Waals surface area contributed by atoms with Gasteiger partial charge < -0.3 is 5.73 Å². The fourth-order valence-electron chi connectivity index (χ4n) is 2.29. The Bertz CT molecular complexity index is 788. The summed E-state index contributed by atoms with van der Waals surface area (Å²) in [5.41, 5.74) is 11.7. The number of nitrogen functional groups attached to an aromatic ring is 1. The standard InChI is InChI=1S/C17H16IN3/c1-11-7-9-13(10-8-11)16-15(18)17(19)21(20-16)14-6-4-3-5-12(14)2/h3-10H,19H2,1-2H3. The fraction of sp³-hybridized carbons (Fsp3) is 0.118. The van der Waals surface area contributed by atoms with Crippen LogP contribution in [-0.2, 0) is 0 Å². The van der Waals surface area contributed by atoms with Gasteiger partial charge in [-0.15, -0.1) is 0 Å². The van der Waals surface area contributed by atoms with Gasteiger partial charge in [0.25, 0.3) is 0 Å². The van der Waals surface area contributed by atoms with Gasteiger partial charge in [-0.05, 0) is 48.1 Å². The van der Waals surface area contributed by atoms with Crippen LogP contribution in [0.1, 0.15) is 11.1 Å². The number of rotatable bonds is 2. The van der Waals surface area contributed by atoms with Crippen molar-refractivity contribution >= 4 is 28.4 Å². The molecule has 3 aromatic rings. The molecule has 0 saturated carbocycles. The Kier molecular flexibility index (Phi) is 3.71. The van der Waals surface area contributed by atoms with Crippen LogP contribution in [0.2, 0.25) is 0 Å². The van der Waals surface area contributed by atoms with Crippen LogP contribution in [0.15, 0.2) is 48.5 Å². The average Bonchev–Trinajstić information content (AvgIpc) is 2.77. The first-order chi connectivity index (χ1) is 10.1. The lowest BCUT2D eigenvalue weighted by atomic mass is 10.1. The van der Waals surface area contributed by atoms with Crippen molar-refractivity contribution in [3.63, 3.8) is 0 Å². The highest BCUT2D eigenvalue weighted by Gasteiger charge is 2.16. The first kappa shape index (κ1) is 14.1. The number of nitrogens with zero attached hydrogens (tertiary/aromatic N) is 2. The van der Waals surface area contributed by atoms with E-state index in [4.69, 9.17) is 10.8 Å². The molecule has 0 aliphatic heterocycles. The summed E-state index contributed by atoms with van der Waals surface area (Å²) in [5, 5.41) is 4.72. The smallest absolute Gasteiger partial charge is 0.141 e. The quantitative estimate of drug-likeness (QED) is 0.663. The Labute approximate surface area is 137 Å². The van der Waals surface area contributed by atoms with Gasteiger partial charge in [0.05, 0.1) is 9.26 Å². The molecule has 3 rings (SSSR count). The SMILES string of the molecule is Cc1ccc(-c2nn(-c3ccccc3C)c(N)c2I)cc1. The van der Waals surface area contributed by atoms with Crippen molar-refractivity contribution in [2.24, 2.45) is 0 Å². The maximum absolute atomic E-state index is 6.26. The largest absolute Gasteiger partial charge is 0.383 e. The molecule has 0 saturated heterocycles. The van der Waals surface area contributed by atoms with E-state index in [0.717, 1.165) is 26.1 Å². The van der Waals surface area contributed by atoms with E-state index in [2.05, 4.69) is 66.8 Å². The summed E-state index contributed by atoms with van der Waals surface area (Å²) in [5.74, 6) is 0.681. The van der Waals surface area contributed by atoms with Crippen molar-refractivity contribution in [1.29, 1.82) is 0 Å². The predicted molar refractivity (Wildman–Crippen MR) is 95.6 cm³/mol. The molecule has 1 aromatic heterocycles. The Morgan fingerprint density at radius 3 is 2.33 bits per heavy atom. The molecule has 0 unspecified atom stereocenters. The van der Waals surface area contributed by atoms with Gasteiger partial charge in [0.1, 0.15) is 11.5 Å². The van der Waals surface area contributed by atoms with Crippen molar-refractivity contribution in [3.8, 4) is 16.9 Å². The molecule has 0 spiro atoms. The monoisotopic (exact) mass is 389 g/mol. The first-order valence-corrected chi connectivity index (χ1v) is 7.83. The van der Waals surface area contributed by atoms with Gasteiger partial charge in [-0.25, -0.2) is 4.68 Å². The molecule has 2 aromatic carbocycles. The molecule has 21 heavy (non-hydrogen) atoms.